The summed E-state index contributed by atoms with van der Waals surface area (Å²) in [5, 5.41) is 0. The number of rotatable bonds is 22. The van der Waals surface area contributed by atoms with Crippen molar-refractivity contribution in [2.24, 2.45) is 116 Å². The molecule has 0 spiro atoms. The second kappa shape index (κ2) is 37.6. The summed E-state index contributed by atoms with van der Waals surface area (Å²) >= 11 is 0. The van der Waals surface area contributed by atoms with Crippen molar-refractivity contribution in [2.45, 2.75) is 388 Å². The Kier molecular flexibility index (Phi) is 32.8. The van der Waals surface area contributed by atoms with Gasteiger partial charge < -0.3 is 37.9 Å². The molecule has 16 rings (SSSR count). The van der Waals surface area contributed by atoms with Crippen molar-refractivity contribution in [3.8, 4) is 0 Å². The van der Waals surface area contributed by atoms with Gasteiger partial charge >= 0.3 is 47.8 Å². The van der Waals surface area contributed by atoms with Crippen LogP contribution in [-0.2, 0) is 76.3 Å². The lowest BCUT2D eigenvalue weighted by atomic mass is 9.50. The molecule has 16 bridgehead atoms. The standard InChI is InChI=1S/2C21H34O4.C20H32O4.C19H30O4.4C2H6/c1-7-19(2,3)17(22)24-20(4,5)18(23)25-21(6)15-9-13-8-14(11-15)12-16(21)10-13;1-5-20(3,4)19(23)24-8-6-7-18(22)25-21-12-15-9-16(13-21)11-17(10-15)14(21)2;1-6-19(3,4)18(22)23-12(2)17(21)24-20(5)15-8-13-7-14(10-15)11-16(20)9-13;1-5-18(2,3)17(21)22-11-16(20)23-19(4)14-7-12-6-13(9-14)10-15(19)8-12;4*1-2/h13-16H,7-12H2,1-6H3;14-17H,5-13H2,1-4H3;12-16H,6-11H2,1-5H3;12-15H,5-11H2,1-4H3;4*1-2H3. The van der Waals surface area contributed by atoms with E-state index in [0.717, 1.165) is 72.5 Å². The Bertz CT molecular complexity index is 2760. The highest BCUT2D eigenvalue weighted by molar-refractivity contribution is 5.85. The van der Waals surface area contributed by atoms with E-state index in [2.05, 4.69) is 27.7 Å². The zero-order valence-corrected chi connectivity index (χ0v) is 71.6. The molecule has 606 valence electrons. The first-order chi connectivity index (χ1) is 49.1. The molecule has 0 aromatic carbocycles. The second-order valence-corrected chi connectivity index (χ2v) is 37.4. The summed E-state index contributed by atoms with van der Waals surface area (Å²) in [4.78, 5) is 98.7. The molecule has 0 radical (unpaired) electrons. The van der Waals surface area contributed by atoms with E-state index in [1.165, 1.54) is 116 Å². The van der Waals surface area contributed by atoms with Gasteiger partial charge in [-0.3, -0.25) is 24.0 Å². The second-order valence-electron chi connectivity index (χ2n) is 37.4. The smallest absolute Gasteiger partial charge is 0.350 e. The molecule has 105 heavy (non-hydrogen) atoms. The largest absolute Gasteiger partial charge is 0.465 e. The monoisotopic (exact) mass is 1480 g/mol. The van der Waals surface area contributed by atoms with Crippen molar-refractivity contribution >= 4 is 47.8 Å². The van der Waals surface area contributed by atoms with Crippen molar-refractivity contribution < 1.29 is 76.3 Å². The van der Waals surface area contributed by atoms with Crippen LogP contribution in [0.2, 0.25) is 0 Å². The average Bonchev–Trinajstić information content (AvgIpc) is 0.753. The third kappa shape index (κ3) is 21.5. The maximum absolute atomic E-state index is 12.9. The number of carbonyl (C=O) groups is 8. The van der Waals surface area contributed by atoms with Crippen LogP contribution in [0.15, 0.2) is 0 Å². The number of hydrogen-bond donors (Lipinski definition) is 0. The molecule has 0 amide bonds. The van der Waals surface area contributed by atoms with Gasteiger partial charge in [0.15, 0.2) is 12.7 Å². The van der Waals surface area contributed by atoms with Crippen LogP contribution >= 0.6 is 0 Å². The van der Waals surface area contributed by atoms with E-state index >= 15 is 0 Å². The Labute approximate surface area is 638 Å². The van der Waals surface area contributed by atoms with Crippen LogP contribution in [0.3, 0.4) is 0 Å². The SMILES string of the molecule is CC.CC.CC.CC.CCC(C)(C)C(=O)OC(C)(C)C(=O)OC1(C)C2CC3CC(C2)CC1C3.CCC(C)(C)C(=O)OC(C)C(=O)OC1(C)C2CC3CC(C2)CC1C3.CCC(C)(C)C(=O)OCC(=O)OC1(C)C2CC3CC(C2)CC1C3.CCC(C)(C)C(=O)OCCCC(=O)OC12CC3CC(CC(C3)C1C)C2. The van der Waals surface area contributed by atoms with Gasteiger partial charge in [0.1, 0.15) is 22.4 Å². The van der Waals surface area contributed by atoms with Crippen molar-refractivity contribution in [2.75, 3.05) is 13.2 Å². The summed E-state index contributed by atoms with van der Waals surface area (Å²) in [5.41, 5.74) is -4.72. The van der Waals surface area contributed by atoms with Crippen LogP contribution in [0.1, 0.15) is 354 Å². The number of hydrogen-bond acceptors (Lipinski definition) is 16. The zero-order valence-electron chi connectivity index (χ0n) is 71.6. The molecule has 16 aliphatic carbocycles. The molecule has 0 aromatic heterocycles. The topological polar surface area (TPSA) is 210 Å². The molecular weight excluding hydrogens is 1320 g/mol. The van der Waals surface area contributed by atoms with E-state index in [9.17, 15) is 38.4 Å². The van der Waals surface area contributed by atoms with Gasteiger partial charge in [-0.25, -0.2) is 14.4 Å². The van der Waals surface area contributed by atoms with Gasteiger partial charge in [-0.15, -0.1) is 0 Å². The summed E-state index contributed by atoms with van der Waals surface area (Å²) in [6, 6.07) is 0. The third-order valence-corrected chi connectivity index (χ3v) is 28.6. The fourth-order valence-electron chi connectivity index (χ4n) is 20.7. The van der Waals surface area contributed by atoms with Gasteiger partial charge in [0.25, 0.3) is 0 Å². The lowest BCUT2D eigenvalue weighted by Gasteiger charge is -2.59. The Balaban J connectivity index is 0.000000243. The summed E-state index contributed by atoms with van der Waals surface area (Å²) in [7, 11) is 0. The molecule has 16 heteroatoms. The van der Waals surface area contributed by atoms with Crippen molar-refractivity contribution in [1.29, 1.82) is 0 Å². The summed E-state index contributed by atoms with van der Waals surface area (Å²) < 4.78 is 45.6. The summed E-state index contributed by atoms with van der Waals surface area (Å²) in [5.74, 6) is 8.17. The number of carbonyl (C=O) groups excluding carboxylic acids is 8. The molecule has 4 atom stereocenters. The van der Waals surface area contributed by atoms with Gasteiger partial charge in [-0.1, -0.05) is 90.0 Å². The Hall–Kier alpha value is -4.24. The maximum atomic E-state index is 12.9. The molecule has 16 nitrogen and oxygen atoms in total. The van der Waals surface area contributed by atoms with Gasteiger partial charge in [0.2, 0.25) is 5.60 Å². The predicted octanol–water partition coefficient (Wildman–Crippen LogP) is 20.9. The molecule has 16 aliphatic rings. The van der Waals surface area contributed by atoms with Gasteiger partial charge in [0.05, 0.1) is 28.3 Å². The molecule has 0 aromatic rings. The van der Waals surface area contributed by atoms with Crippen molar-refractivity contribution in [3.63, 3.8) is 0 Å². The van der Waals surface area contributed by atoms with Gasteiger partial charge in [-0.2, -0.15) is 0 Å². The fraction of sp³-hybridized carbons (Fsp3) is 0.910. The van der Waals surface area contributed by atoms with E-state index in [4.69, 9.17) is 37.9 Å². The fourth-order valence-corrected chi connectivity index (χ4v) is 20.7. The predicted molar refractivity (Wildman–Crippen MR) is 415 cm³/mol. The Morgan fingerprint density at radius 2 is 0.705 bits per heavy atom. The third-order valence-electron chi connectivity index (χ3n) is 28.6. The molecule has 0 aliphatic heterocycles. The normalized spacial score (nSPS) is 35.0. The first kappa shape index (κ1) is 91.4. The summed E-state index contributed by atoms with van der Waals surface area (Å²) in [6.07, 6.45) is 27.3. The minimum absolute atomic E-state index is 0.111. The number of ether oxygens (including phenoxy) is 8. The van der Waals surface area contributed by atoms with Gasteiger partial charge in [0, 0.05) is 6.42 Å². The maximum Gasteiger partial charge on any atom is 0.350 e. The van der Waals surface area contributed by atoms with Crippen LogP contribution in [0, 0.1) is 116 Å². The first-order valence-corrected chi connectivity index (χ1v) is 42.8. The Morgan fingerprint density at radius 3 is 1.08 bits per heavy atom. The van der Waals surface area contributed by atoms with Crippen molar-refractivity contribution in [3.05, 3.63) is 0 Å². The zero-order chi connectivity index (χ0) is 79.4. The van der Waals surface area contributed by atoms with Crippen LogP contribution < -0.4 is 0 Å². The highest BCUT2D eigenvalue weighted by Gasteiger charge is 2.62. The van der Waals surface area contributed by atoms with Crippen LogP contribution in [-0.4, -0.2) is 95.1 Å². The van der Waals surface area contributed by atoms with E-state index < -0.39 is 44.9 Å². The first-order valence-electron chi connectivity index (χ1n) is 42.8. The highest BCUT2D eigenvalue weighted by atomic mass is 16.6. The molecule has 0 saturated heterocycles. The minimum Gasteiger partial charge on any atom is -0.465 e. The van der Waals surface area contributed by atoms with Gasteiger partial charge in [-0.05, 0) is 352 Å². The van der Waals surface area contributed by atoms with E-state index in [1.807, 2.05) is 138 Å². The van der Waals surface area contributed by atoms with Crippen molar-refractivity contribution in [1.82, 2.24) is 0 Å². The summed E-state index contributed by atoms with van der Waals surface area (Å²) in [6.45, 7) is 52.2. The van der Waals surface area contributed by atoms with E-state index in [0.29, 0.717) is 80.1 Å². The molecule has 0 heterocycles. The lowest BCUT2D eigenvalue weighted by molar-refractivity contribution is -0.221. The minimum atomic E-state index is -1.25. The lowest BCUT2D eigenvalue weighted by Crippen LogP contribution is -2.59. The number of esters is 8. The average molecular weight is 1480 g/mol. The molecule has 0 N–H and O–H groups in total. The molecule has 16 saturated carbocycles. The van der Waals surface area contributed by atoms with Crippen LogP contribution in [0.25, 0.3) is 0 Å². The van der Waals surface area contributed by atoms with Crippen LogP contribution in [0.4, 0.5) is 0 Å². The van der Waals surface area contributed by atoms with Crippen LogP contribution in [0.5, 0.6) is 0 Å². The molecular formula is C89H154O16. The molecule has 16 fully saturated rings. The van der Waals surface area contributed by atoms with E-state index in [1.54, 1.807) is 20.8 Å². The quantitative estimate of drug-likeness (QED) is 0.0560. The Morgan fingerprint density at radius 1 is 0.381 bits per heavy atom. The highest BCUT2D eigenvalue weighted by Crippen LogP contribution is 2.63. The molecule has 4 unspecified atom stereocenters. The van der Waals surface area contributed by atoms with E-state index in [-0.39, 0.29) is 65.2 Å².